The molecule has 1 aliphatic rings. The van der Waals surface area contributed by atoms with E-state index in [0.717, 1.165) is 21.7 Å². The molecule has 0 radical (unpaired) electrons. The molecule has 0 N–H and O–H groups in total. The van der Waals surface area contributed by atoms with Gasteiger partial charge >= 0.3 is 0 Å². The van der Waals surface area contributed by atoms with Gasteiger partial charge in [0.2, 0.25) is 0 Å². The van der Waals surface area contributed by atoms with Gasteiger partial charge in [-0.3, -0.25) is 0 Å². The van der Waals surface area contributed by atoms with Gasteiger partial charge in [0.05, 0.1) is 0 Å². The Hall–Kier alpha value is -2.63. The molecular formula is C22H15OP. The van der Waals surface area contributed by atoms with Crippen LogP contribution in [0.2, 0.25) is 0 Å². The van der Waals surface area contributed by atoms with Crippen molar-refractivity contribution in [3.63, 3.8) is 0 Å². The molecular weight excluding hydrogens is 311 g/mol. The summed E-state index contributed by atoms with van der Waals surface area (Å²) in [5.74, 6) is 0. The fraction of sp³-hybridized carbons (Fsp3) is 0. The molecule has 0 aliphatic carbocycles. The maximum absolute atomic E-state index is 13.3. The van der Waals surface area contributed by atoms with Crippen LogP contribution in [0.3, 0.4) is 0 Å². The maximum Gasteiger partial charge on any atom is 0.133 e. The minimum absolute atomic E-state index is 0.962. The zero-order valence-electron chi connectivity index (χ0n) is 13.0. The molecule has 1 heterocycles. The van der Waals surface area contributed by atoms with Crippen LogP contribution in [0.5, 0.6) is 0 Å². The average Bonchev–Trinajstić information content (AvgIpc) is 2.76. The molecule has 5 rings (SSSR count). The van der Waals surface area contributed by atoms with Gasteiger partial charge in [0.15, 0.2) is 0 Å². The van der Waals surface area contributed by atoms with Crippen LogP contribution in [-0.4, -0.2) is 0 Å². The topological polar surface area (TPSA) is 17.1 Å². The van der Waals surface area contributed by atoms with Crippen molar-refractivity contribution >= 4 is 29.2 Å². The van der Waals surface area contributed by atoms with Gasteiger partial charge in [-0.2, -0.15) is 0 Å². The molecule has 114 valence electrons. The van der Waals surface area contributed by atoms with Crippen molar-refractivity contribution in [1.29, 1.82) is 0 Å². The summed E-state index contributed by atoms with van der Waals surface area (Å²) in [6.07, 6.45) is 0. The highest BCUT2D eigenvalue weighted by atomic mass is 31.1. The summed E-state index contributed by atoms with van der Waals surface area (Å²) in [5.41, 5.74) is 4.57. The van der Waals surface area contributed by atoms with E-state index in [0.29, 0.717) is 0 Å². The summed E-state index contributed by atoms with van der Waals surface area (Å²) >= 11 is 0. The normalized spacial score (nSPS) is 15.2. The molecule has 1 atom stereocenters. The van der Waals surface area contributed by atoms with Crippen molar-refractivity contribution in [2.45, 2.75) is 0 Å². The van der Waals surface area contributed by atoms with Crippen molar-refractivity contribution in [3.05, 3.63) is 84.9 Å². The Morgan fingerprint density at radius 1 is 0.542 bits per heavy atom. The molecule has 1 aliphatic heterocycles. The van der Waals surface area contributed by atoms with Crippen LogP contribution in [0.15, 0.2) is 84.9 Å². The van der Waals surface area contributed by atoms with Gasteiger partial charge in [-0.05, 0) is 33.0 Å². The van der Waals surface area contributed by atoms with E-state index >= 15 is 0 Å². The molecule has 0 aromatic heterocycles. The van der Waals surface area contributed by atoms with Gasteiger partial charge in [0, 0.05) is 10.6 Å². The Kier molecular flexibility index (Phi) is 2.98. The van der Waals surface area contributed by atoms with Crippen LogP contribution in [-0.2, 0) is 4.57 Å². The van der Waals surface area contributed by atoms with Crippen LogP contribution < -0.4 is 10.6 Å². The van der Waals surface area contributed by atoms with Crippen molar-refractivity contribution in [1.82, 2.24) is 0 Å². The van der Waals surface area contributed by atoms with Gasteiger partial charge in [0.1, 0.15) is 7.80 Å². The van der Waals surface area contributed by atoms with Crippen LogP contribution in [0.25, 0.3) is 33.0 Å². The average molecular weight is 326 g/mol. The molecule has 1 unspecified atom stereocenters. The number of hydrogen-bond acceptors (Lipinski definition) is 1. The SMILES string of the molecule is O=[PH]1c2ccccc2-c2ccc3ccccc3c2-c2ccccc21. The minimum atomic E-state index is -2.03. The van der Waals surface area contributed by atoms with Crippen LogP contribution in [0, 0.1) is 0 Å². The third-order valence-electron chi connectivity index (χ3n) is 4.83. The van der Waals surface area contributed by atoms with Crippen LogP contribution in [0.4, 0.5) is 0 Å². The predicted molar refractivity (Wildman–Crippen MR) is 103 cm³/mol. The number of rotatable bonds is 0. The second-order valence-electron chi connectivity index (χ2n) is 6.13. The Labute approximate surface area is 141 Å². The quantitative estimate of drug-likeness (QED) is 0.366. The van der Waals surface area contributed by atoms with E-state index in [-0.39, 0.29) is 0 Å². The minimum Gasteiger partial charge on any atom is -0.317 e. The highest BCUT2D eigenvalue weighted by molar-refractivity contribution is 7.62. The molecule has 0 bridgehead atoms. The second kappa shape index (κ2) is 5.19. The lowest BCUT2D eigenvalue weighted by atomic mass is 9.90. The first-order valence-corrected chi connectivity index (χ1v) is 9.51. The summed E-state index contributed by atoms with van der Waals surface area (Å²) < 4.78 is 13.3. The zero-order valence-corrected chi connectivity index (χ0v) is 14.0. The monoisotopic (exact) mass is 326 g/mol. The fourth-order valence-corrected chi connectivity index (χ4v) is 5.45. The van der Waals surface area contributed by atoms with Crippen molar-refractivity contribution in [3.8, 4) is 22.3 Å². The molecule has 4 aromatic carbocycles. The zero-order chi connectivity index (χ0) is 16.1. The lowest BCUT2D eigenvalue weighted by Gasteiger charge is -2.13. The lowest BCUT2D eigenvalue weighted by Crippen LogP contribution is -2.07. The second-order valence-corrected chi connectivity index (χ2v) is 7.87. The van der Waals surface area contributed by atoms with E-state index in [9.17, 15) is 4.57 Å². The molecule has 24 heavy (non-hydrogen) atoms. The van der Waals surface area contributed by atoms with Gasteiger partial charge in [-0.25, -0.2) is 0 Å². The van der Waals surface area contributed by atoms with E-state index < -0.39 is 7.80 Å². The van der Waals surface area contributed by atoms with E-state index in [1.807, 2.05) is 36.4 Å². The summed E-state index contributed by atoms with van der Waals surface area (Å²) in [6.45, 7) is 0. The summed E-state index contributed by atoms with van der Waals surface area (Å²) in [4.78, 5) is 0. The summed E-state index contributed by atoms with van der Waals surface area (Å²) in [6, 6.07) is 29.0. The number of fused-ring (bicyclic) bond motifs is 7. The highest BCUT2D eigenvalue weighted by Gasteiger charge is 2.24. The first kappa shape index (κ1) is 13.8. The van der Waals surface area contributed by atoms with E-state index in [1.54, 1.807) is 0 Å². The molecule has 0 fully saturated rings. The Morgan fingerprint density at radius 2 is 1.17 bits per heavy atom. The number of hydrogen-bond donors (Lipinski definition) is 0. The van der Waals surface area contributed by atoms with Crippen molar-refractivity contribution in [2.75, 3.05) is 0 Å². The van der Waals surface area contributed by atoms with E-state index in [1.165, 1.54) is 21.9 Å². The van der Waals surface area contributed by atoms with Crippen molar-refractivity contribution in [2.24, 2.45) is 0 Å². The molecule has 2 heteroatoms. The van der Waals surface area contributed by atoms with Gasteiger partial charge in [0.25, 0.3) is 0 Å². The predicted octanol–water partition coefficient (Wildman–Crippen LogP) is 5.00. The third-order valence-corrected chi connectivity index (χ3v) is 6.68. The standard InChI is InChI=1S/C22H15OP/c23-24-20-11-5-3-9-17(20)18-14-13-15-7-1-2-8-16(15)22(18)19-10-4-6-12-21(19)24/h1-14,24H. The van der Waals surface area contributed by atoms with Gasteiger partial charge < -0.3 is 4.57 Å². The third kappa shape index (κ3) is 1.85. The molecule has 0 saturated heterocycles. The van der Waals surface area contributed by atoms with Gasteiger partial charge in [-0.15, -0.1) is 0 Å². The van der Waals surface area contributed by atoms with E-state index in [4.69, 9.17) is 0 Å². The highest BCUT2D eigenvalue weighted by Crippen LogP contribution is 2.43. The van der Waals surface area contributed by atoms with Crippen LogP contribution in [0.1, 0.15) is 0 Å². The Balaban J connectivity index is 2.05. The summed E-state index contributed by atoms with van der Waals surface area (Å²) in [5, 5.41) is 4.35. The van der Waals surface area contributed by atoms with E-state index in [2.05, 4.69) is 48.5 Å². The molecule has 0 spiro atoms. The van der Waals surface area contributed by atoms with Crippen LogP contribution >= 0.6 is 7.80 Å². The molecule has 4 aromatic rings. The number of benzene rings is 4. The summed E-state index contributed by atoms with van der Waals surface area (Å²) in [7, 11) is -2.03. The first-order valence-electron chi connectivity index (χ1n) is 8.10. The van der Waals surface area contributed by atoms with Gasteiger partial charge in [-0.1, -0.05) is 84.9 Å². The first-order chi connectivity index (χ1) is 11.8. The molecule has 0 amide bonds. The maximum atomic E-state index is 13.3. The Bertz CT molecular complexity index is 1130. The fourth-order valence-electron chi connectivity index (χ4n) is 3.75. The van der Waals surface area contributed by atoms with Crippen molar-refractivity contribution < 1.29 is 4.57 Å². The lowest BCUT2D eigenvalue weighted by molar-refractivity contribution is 0.598. The smallest absolute Gasteiger partial charge is 0.133 e. The molecule has 1 nitrogen and oxygen atoms in total. The largest absolute Gasteiger partial charge is 0.317 e. The molecule has 0 saturated carbocycles. The Morgan fingerprint density at radius 3 is 2.00 bits per heavy atom.